The second-order valence-electron chi connectivity index (χ2n) is 4.26. The maximum absolute atomic E-state index is 13.1. The van der Waals surface area contributed by atoms with E-state index in [1.807, 2.05) is 7.05 Å². The Bertz CT molecular complexity index is 429. The molecule has 0 spiro atoms. The van der Waals surface area contributed by atoms with Crippen LogP contribution in [-0.2, 0) is 0 Å². The molecule has 1 N–H and O–H groups in total. The second-order valence-corrected chi connectivity index (χ2v) is 4.26. The molecule has 1 aromatic carbocycles. The van der Waals surface area contributed by atoms with Gasteiger partial charge in [0.15, 0.2) is 11.6 Å². The van der Waals surface area contributed by atoms with Crippen molar-refractivity contribution in [2.45, 2.75) is 0 Å². The number of halogens is 1. The number of amides is 1. The molecule has 0 aromatic heterocycles. The van der Waals surface area contributed by atoms with Crippen molar-refractivity contribution in [3.05, 3.63) is 29.6 Å². The summed E-state index contributed by atoms with van der Waals surface area (Å²) in [5, 5.41) is 9.06. The van der Waals surface area contributed by atoms with E-state index in [9.17, 15) is 9.18 Å². The van der Waals surface area contributed by atoms with E-state index in [-0.39, 0.29) is 11.5 Å². The third-order valence-corrected chi connectivity index (χ3v) is 2.99. The topological polar surface area (TPSA) is 43.8 Å². The van der Waals surface area contributed by atoms with Crippen molar-refractivity contribution in [2.24, 2.45) is 0 Å². The first-order chi connectivity index (χ1) is 8.08. The lowest BCUT2D eigenvalue weighted by Gasteiger charge is -2.32. The molecule has 0 radical (unpaired) electrons. The Morgan fingerprint density at radius 1 is 1.29 bits per heavy atom. The van der Waals surface area contributed by atoms with Gasteiger partial charge >= 0.3 is 0 Å². The number of carbonyl (C=O) groups excluding carboxylic acids is 1. The van der Waals surface area contributed by atoms with Gasteiger partial charge in [-0.1, -0.05) is 0 Å². The van der Waals surface area contributed by atoms with E-state index in [0.29, 0.717) is 13.1 Å². The zero-order valence-corrected chi connectivity index (χ0v) is 9.69. The van der Waals surface area contributed by atoms with Gasteiger partial charge in [0.2, 0.25) is 0 Å². The SMILES string of the molecule is CN1CCN(C(=O)c2ccc(O)c(F)c2)CC1. The number of likely N-dealkylation sites (N-methyl/N-ethyl adjacent to an activating group) is 1. The number of carbonyl (C=O) groups is 1. The summed E-state index contributed by atoms with van der Waals surface area (Å²) in [6, 6.07) is 3.73. The Balaban J connectivity index is 2.11. The van der Waals surface area contributed by atoms with Gasteiger partial charge in [-0.05, 0) is 25.2 Å². The number of rotatable bonds is 1. The minimum absolute atomic E-state index is 0.183. The highest BCUT2D eigenvalue weighted by Gasteiger charge is 2.20. The summed E-state index contributed by atoms with van der Waals surface area (Å²) < 4.78 is 13.1. The number of aromatic hydroxyl groups is 1. The highest BCUT2D eigenvalue weighted by molar-refractivity contribution is 5.94. The van der Waals surface area contributed by atoms with Crippen LogP contribution in [0.1, 0.15) is 10.4 Å². The zero-order valence-electron chi connectivity index (χ0n) is 9.69. The molecule has 1 saturated heterocycles. The molecule has 0 unspecified atom stereocenters. The number of piperazine rings is 1. The van der Waals surface area contributed by atoms with Crippen molar-refractivity contribution in [2.75, 3.05) is 33.2 Å². The lowest BCUT2D eigenvalue weighted by molar-refractivity contribution is 0.0663. The fourth-order valence-corrected chi connectivity index (χ4v) is 1.83. The standard InChI is InChI=1S/C12H15FN2O2/c1-14-4-6-15(7-5-14)12(17)9-2-3-11(16)10(13)8-9/h2-3,8,16H,4-7H2,1H3. The van der Waals surface area contributed by atoms with Gasteiger partial charge < -0.3 is 14.9 Å². The Kier molecular flexibility index (Phi) is 3.28. The molecule has 0 bridgehead atoms. The van der Waals surface area contributed by atoms with E-state index in [1.165, 1.54) is 12.1 Å². The monoisotopic (exact) mass is 238 g/mol. The van der Waals surface area contributed by atoms with Crippen molar-refractivity contribution in [3.8, 4) is 5.75 Å². The van der Waals surface area contributed by atoms with Crippen molar-refractivity contribution >= 4 is 5.91 Å². The molecule has 1 aliphatic heterocycles. The summed E-state index contributed by atoms with van der Waals surface area (Å²) in [6.07, 6.45) is 0. The van der Waals surface area contributed by atoms with Crippen LogP contribution in [0, 0.1) is 5.82 Å². The number of hydrogen-bond donors (Lipinski definition) is 1. The van der Waals surface area contributed by atoms with Gasteiger partial charge in [-0.25, -0.2) is 4.39 Å². The first kappa shape index (κ1) is 11.9. The fourth-order valence-electron chi connectivity index (χ4n) is 1.83. The largest absolute Gasteiger partial charge is 0.505 e. The molecule has 1 aromatic rings. The molecule has 92 valence electrons. The van der Waals surface area contributed by atoms with Gasteiger partial charge in [-0.2, -0.15) is 0 Å². The molecule has 0 saturated carbocycles. The van der Waals surface area contributed by atoms with Crippen LogP contribution in [0.2, 0.25) is 0 Å². The normalized spacial score (nSPS) is 17.2. The summed E-state index contributed by atoms with van der Waals surface area (Å²) in [5.74, 6) is -1.37. The van der Waals surface area contributed by atoms with Crippen LogP contribution in [0.5, 0.6) is 5.75 Å². The minimum atomic E-state index is -0.759. The van der Waals surface area contributed by atoms with Crippen LogP contribution in [0.25, 0.3) is 0 Å². The van der Waals surface area contributed by atoms with E-state index >= 15 is 0 Å². The molecule has 1 aliphatic rings. The summed E-state index contributed by atoms with van der Waals surface area (Å²) in [6.45, 7) is 2.95. The molecule has 5 heteroatoms. The third kappa shape index (κ3) is 2.55. The zero-order chi connectivity index (χ0) is 12.4. The average molecular weight is 238 g/mol. The highest BCUT2D eigenvalue weighted by atomic mass is 19.1. The van der Waals surface area contributed by atoms with Crippen molar-refractivity contribution < 1.29 is 14.3 Å². The summed E-state index contributed by atoms with van der Waals surface area (Å²) in [4.78, 5) is 15.9. The molecular formula is C12H15FN2O2. The van der Waals surface area contributed by atoms with E-state index < -0.39 is 11.6 Å². The second kappa shape index (κ2) is 4.71. The molecule has 4 nitrogen and oxygen atoms in total. The van der Waals surface area contributed by atoms with Crippen LogP contribution in [0.3, 0.4) is 0 Å². The smallest absolute Gasteiger partial charge is 0.254 e. The van der Waals surface area contributed by atoms with Crippen LogP contribution in [-0.4, -0.2) is 54.0 Å². The Morgan fingerprint density at radius 3 is 2.53 bits per heavy atom. The van der Waals surface area contributed by atoms with Gasteiger partial charge in [0.25, 0.3) is 5.91 Å². The number of benzene rings is 1. The molecule has 1 amide bonds. The molecule has 1 fully saturated rings. The van der Waals surface area contributed by atoms with E-state index in [4.69, 9.17) is 5.11 Å². The van der Waals surface area contributed by atoms with Crippen LogP contribution >= 0.6 is 0 Å². The first-order valence-electron chi connectivity index (χ1n) is 5.54. The predicted molar refractivity (Wildman–Crippen MR) is 61.5 cm³/mol. The average Bonchev–Trinajstić information content (AvgIpc) is 2.33. The minimum Gasteiger partial charge on any atom is -0.505 e. The van der Waals surface area contributed by atoms with Crippen LogP contribution < -0.4 is 0 Å². The summed E-state index contributed by atoms with van der Waals surface area (Å²) in [5.41, 5.74) is 0.282. The van der Waals surface area contributed by atoms with E-state index in [2.05, 4.69) is 4.90 Å². The third-order valence-electron chi connectivity index (χ3n) is 2.99. The van der Waals surface area contributed by atoms with Gasteiger partial charge in [0.05, 0.1) is 0 Å². The van der Waals surface area contributed by atoms with E-state index in [0.717, 1.165) is 19.2 Å². The number of phenols is 1. The number of phenolic OH excluding ortho intramolecular Hbond substituents is 1. The first-order valence-corrected chi connectivity index (χ1v) is 5.54. The van der Waals surface area contributed by atoms with Gasteiger partial charge in [-0.3, -0.25) is 4.79 Å². The lowest BCUT2D eigenvalue weighted by atomic mass is 10.1. The van der Waals surface area contributed by atoms with Crippen molar-refractivity contribution in [1.29, 1.82) is 0 Å². The fraction of sp³-hybridized carbons (Fsp3) is 0.417. The van der Waals surface area contributed by atoms with Crippen LogP contribution in [0.4, 0.5) is 4.39 Å². The summed E-state index contributed by atoms with van der Waals surface area (Å²) in [7, 11) is 2.00. The molecule has 1 heterocycles. The van der Waals surface area contributed by atoms with E-state index in [1.54, 1.807) is 4.90 Å². The van der Waals surface area contributed by atoms with Crippen molar-refractivity contribution in [3.63, 3.8) is 0 Å². The van der Waals surface area contributed by atoms with Gasteiger partial charge in [-0.15, -0.1) is 0 Å². The Morgan fingerprint density at radius 2 is 1.94 bits per heavy atom. The lowest BCUT2D eigenvalue weighted by Crippen LogP contribution is -2.47. The molecule has 0 atom stereocenters. The Hall–Kier alpha value is -1.62. The van der Waals surface area contributed by atoms with Gasteiger partial charge in [0, 0.05) is 31.7 Å². The maximum Gasteiger partial charge on any atom is 0.254 e. The predicted octanol–water partition coefficient (Wildman–Crippen LogP) is 0.919. The number of hydrogen-bond acceptors (Lipinski definition) is 3. The molecular weight excluding hydrogens is 223 g/mol. The van der Waals surface area contributed by atoms with Crippen molar-refractivity contribution in [1.82, 2.24) is 9.80 Å². The molecule has 2 rings (SSSR count). The van der Waals surface area contributed by atoms with Gasteiger partial charge in [0.1, 0.15) is 0 Å². The molecule has 0 aliphatic carbocycles. The summed E-state index contributed by atoms with van der Waals surface area (Å²) >= 11 is 0. The quantitative estimate of drug-likeness (QED) is 0.791. The van der Waals surface area contributed by atoms with Crippen LogP contribution in [0.15, 0.2) is 18.2 Å². The molecule has 17 heavy (non-hydrogen) atoms. The maximum atomic E-state index is 13.1. The highest BCUT2D eigenvalue weighted by Crippen LogP contribution is 2.17. The Labute approximate surface area is 99.3 Å². The number of nitrogens with zero attached hydrogens (tertiary/aromatic N) is 2.